The van der Waals surface area contributed by atoms with Gasteiger partial charge in [0.1, 0.15) is 11.8 Å². The van der Waals surface area contributed by atoms with Crippen LogP contribution in [0.1, 0.15) is 6.42 Å². The Labute approximate surface area is 199 Å². The Balaban J connectivity index is 1.33. The van der Waals surface area contributed by atoms with Gasteiger partial charge in [0, 0.05) is 45.0 Å². The molecule has 0 aromatic heterocycles. The minimum atomic E-state index is -0.806. The van der Waals surface area contributed by atoms with Crippen LogP contribution in [0, 0.1) is 0 Å². The maximum absolute atomic E-state index is 13.2. The number of methoxy groups -OCH3 is 1. The molecule has 1 atom stereocenters. The number of ether oxygens (including phenoxy) is 1. The fraction of sp³-hybridized carbons (Fsp3) is 0.400. The van der Waals surface area contributed by atoms with E-state index in [2.05, 4.69) is 20.4 Å². The van der Waals surface area contributed by atoms with Crippen molar-refractivity contribution in [3.05, 3.63) is 54.6 Å². The first-order valence-corrected chi connectivity index (χ1v) is 11.6. The molecule has 2 aromatic rings. The third-order valence-corrected chi connectivity index (χ3v) is 6.24. The highest BCUT2D eigenvalue weighted by molar-refractivity contribution is 5.97. The summed E-state index contributed by atoms with van der Waals surface area (Å²) >= 11 is 0. The van der Waals surface area contributed by atoms with E-state index in [1.807, 2.05) is 42.5 Å². The Bertz CT molecular complexity index is 1010. The number of rotatable bonds is 7. The van der Waals surface area contributed by atoms with Crippen LogP contribution in [0.3, 0.4) is 0 Å². The summed E-state index contributed by atoms with van der Waals surface area (Å²) in [5, 5.41) is 5.58. The van der Waals surface area contributed by atoms with E-state index in [1.165, 1.54) is 0 Å². The summed E-state index contributed by atoms with van der Waals surface area (Å²) < 4.78 is 5.47. The van der Waals surface area contributed by atoms with E-state index < -0.39 is 6.04 Å². The molecule has 2 aromatic carbocycles. The molecule has 0 bridgehead atoms. The lowest BCUT2D eigenvalue weighted by Gasteiger charge is -2.39. The number of nitrogens with one attached hydrogen (secondary N) is 2. The Morgan fingerprint density at radius 3 is 2.44 bits per heavy atom. The van der Waals surface area contributed by atoms with Crippen molar-refractivity contribution >= 4 is 29.1 Å². The van der Waals surface area contributed by atoms with Gasteiger partial charge in [-0.15, -0.1) is 0 Å². The van der Waals surface area contributed by atoms with Crippen molar-refractivity contribution in [2.24, 2.45) is 0 Å². The normalized spacial score (nSPS) is 18.9. The van der Waals surface area contributed by atoms with Gasteiger partial charge in [-0.2, -0.15) is 0 Å². The molecule has 2 aliphatic rings. The number of anilines is 2. The molecule has 0 unspecified atom stereocenters. The highest BCUT2D eigenvalue weighted by Crippen LogP contribution is 2.28. The first-order valence-electron chi connectivity index (χ1n) is 11.6. The molecule has 9 nitrogen and oxygen atoms in total. The number of para-hydroxylation sites is 3. The van der Waals surface area contributed by atoms with Gasteiger partial charge in [-0.3, -0.25) is 19.3 Å². The van der Waals surface area contributed by atoms with E-state index >= 15 is 0 Å². The molecule has 3 amide bonds. The fourth-order valence-electron chi connectivity index (χ4n) is 4.45. The molecule has 2 N–H and O–H groups in total. The molecule has 2 heterocycles. The van der Waals surface area contributed by atoms with Crippen LogP contribution >= 0.6 is 0 Å². The summed E-state index contributed by atoms with van der Waals surface area (Å²) in [4.78, 5) is 44.1. The third-order valence-electron chi connectivity index (χ3n) is 6.24. The van der Waals surface area contributed by atoms with Gasteiger partial charge in [-0.1, -0.05) is 30.3 Å². The van der Waals surface area contributed by atoms with Gasteiger partial charge >= 0.3 is 0 Å². The molecule has 0 aliphatic carbocycles. The topological polar surface area (TPSA) is 94.2 Å². The molecule has 4 rings (SSSR count). The molecular weight excluding hydrogens is 434 g/mol. The number of amides is 3. The summed E-state index contributed by atoms with van der Waals surface area (Å²) in [6.07, 6.45) is -0.0754. The van der Waals surface area contributed by atoms with Crippen LogP contribution in [-0.2, 0) is 14.4 Å². The van der Waals surface area contributed by atoms with E-state index in [0.29, 0.717) is 18.8 Å². The summed E-state index contributed by atoms with van der Waals surface area (Å²) in [6.45, 7) is 4.02. The van der Waals surface area contributed by atoms with E-state index in [0.717, 1.165) is 37.6 Å². The van der Waals surface area contributed by atoms with Gasteiger partial charge in [0.2, 0.25) is 17.7 Å². The molecule has 180 valence electrons. The summed E-state index contributed by atoms with van der Waals surface area (Å²) in [7, 11) is 1.67. The zero-order valence-electron chi connectivity index (χ0n) is 19.4. The second-order valence-corrected chi connectivity index (χ2v) is 8.45. The average Bonchev–Trinajstić information content (AvgIpc) is 2.86. The molecule has 0 spiro atoms. The summed E-state index contributed by atoms with van der Waals surface area (Å²) in [6, 6.07) is 16.2. The first-order chi connectivity index (χ1) is 16.5. The van der Waals surface area contributed by atoms with E-state index in [4.69, 9.17) is 4.74 Å². The molecule has 9 heteroatoms. The van der Waals surface area contributed by atoms with Crippen molar-refractivity contribution in [3.8, 4) is 5.75 Å². The molecule has 0 saturated carbocycles. The number of piperazine rings is 2. The quantitative estimate of drug-likeness (QED) is 0.638. The zero-order valence-corrected chi connectivity index (χ0v) is 19.4. The van der Waals surface area contributed by atoms with Crippen LogP contribution in [0.25, 0.3) is 0 Å². The number of nitrogens with zero attached hydrogens (tertiary/aromatic N) is 3. The minimum absolute atomic E-state index is 0.0754. The second kappa shape index (κ2) is 11.0. The molecule has 2 aliphatic heterocycles. The predicted molar refractivity (Wildman–Crippen MR) is 130 cm³/mol. The molecule has 2 saturated heterocycles. The highest BCUT2D eigenvalue weighted by Gasteiger charge is 2.35. The first kappa shape index (κ1) is 23.6. The maximum Gasteiger partial charge on any atom is 0.243 e. The molecule has 2 fully saturated rings. The SMILES string of the molecule is COc1ccccc1N1CCN(CC(=O)N2CCNC(=O)[C@@H]2CC(=O)Nc2ccccc2)CC1. The monoisotopic (exact) mass is 465 g/mol. The van der Waals surface area contributed by atoms with Gasteiger partial charge in [-0.05, 0) is 24.3 Å². The van der Waals surface area contributed by atoms with Crippen molar-refractivity contribution in [2.75, 3.05) is 63.1 Å². The maximum atomic E-state index is 13.2. The van der Waals surface area contributed by atoms with Crippen LogP contribution in [0.5, 0.6) is 5.75 Å². The second-order valence-electron chi connectivity index (χ2n) is 8.45. The van der Waals surface area contributed by atoms with Crippen LogP contribution < -0.4 is 20.3 Å². The number of benzene rings is 2. The molecule has 34 heavy (non-hydrogen) atoms. The third kappa shape index (κ3) is 5.66. The number of carbonyl (C=O) groups is 3. The van der Waals surface area contributed by atoms with Crippen molar-refractivity contribution < 1.29 is 19.1 Å². The van der Waals surface area contributed by atoms with Gasteiger partial charge in [0.15, 0.2) is 0 Å². The molecular formula is C25H31N5O4. The molecule has 0 radical (unpaired) electrons. The van der Waals surface area contributed by atoms with Crippen molar-refractivity contribution in [3.63, 3.8) is 0 Å². The van der Waals surface area contributed by atoms with Gasteiger partial charge in [0.05, 0.1) is 25.8 Å². The number of carbonyl (C=O) groups excluding carboxylic acids is 3. The van der Waals surface area contributed by atoms with Gasteiger partial charge < -0.3 is 25.2 Å². The summed E-state index contributed by atoms with van der Waals surface area (Å²) in [5.41, 5.74) is 1.71. The Hall–Kier alpha value is -3.59. The zero-order chi connectivity index (χ0) is 23.9. The number of hydrogen-bond acceptors (Lipinski definition) is 6. The highest BCUT2D eigenvalue weighted by atomic mass is 16.5. The van der Waals surface area contributed by atoms with Crippen LogP contribution in [0.4, 0.5) is 11.4 Å². The lowest BCUT2D eigenvalue weighted by atomic mass is 10.1. The Kier molecular flexibility index (Phi) is 7.64. The standard InChI is InChI=1S/C25H31N5O4/c1-34-22-10-6-5-9-20(22)29-15-13-28(14-16-29)18-24(32)30-12-11-26-25(33)21(30)17-23(31)27-19-7-3-2-4-8-19/h2-10,21H,11-18H2,1H3,(H,26,33)(H,27,31)/t21-/m0/s1. The Morgan fingerprint density at radius 2 is 1.71 bits per heavy atom. The smallest absolute Gasteiger partial charge is 0.243 e. The predicted octanol–water partition coefficient (Wildman–Crippen LogP) is 1.17. The van der Waals surface area contributed by atoms with Crippen molar-refractivity contribution in [1.82, 2.24) is 15.1 Å². The van der Waals surface area contributed by atoms with E-state index in [-0.39, 0.29) is 30.7 Å². The minimum Gasteiger partial charge on any atom is -0.495 e. The van der Waals surface area contributed by atoms with E-state index in [9.17, 15) is 14.4 Å². The number of hydrogen-bond donors (Lipinski definition) is 2. The van der Waals surface area contributed by atoms with Crippen LogP contribution in [-0.4, -0.2) is 86.5 Å². The average molecular weight is 466 g/mol. The van der Waals surface area contributed by atoms with Crippen molar-refractivity contribution in [2.45, 2.75) is 12.5 Å². The lowest BCUT2D eigenvalue weighted by molar-refractivity contribution is -0.145. The van der Waals surface area contributed by atoms with Crippen molar-refractivity contribution in [1.29, 1.82) is 0 Å². The van der Waals surface area contributed by atoms with Gasteiger partial charge in [0.25, 0.3) is 0 Å². The van der Waals surface area contributed by atoms with Crippen LogP contribution in [0.15, 0.2) is 54.6 Å². The lowest BCUT2D eigenvalue weighted by Crippen LogP contribution is -2.60. The van der Waals surface area contributed by atoms with Crippen LogP contribution in [0.2, 0.25) is 0 Å². The summed E-state index contributed by atoms with van der Waals surface area (Å²) in [5.74, 6) is 0.126. The largest absolute Gasteiger partial charge is 0.495 e. The van der Waals surface area contributed by atoms with Gasteiger partial charge in [-0.25, -0.2) is 0 Å². The fourth-order valence-corrected chi connectivity index (χ4v) is 4.45. The van der Waals surface area contributed by atoms with E-state index in [1.54, 1.807) is 24.1 Å². The Morgan fingerprint density at radius 1 is 1.00 bits per heavy atom.